The van der Waals surface area contributed by atoms with E-state index in [0.29, 0.717) is 13.2 Å². The number of benzene rings is 1. The van der Waals surface area contributed by atoms with E-state index in [4.69, 9.17) is 4.74 Å². The van der Waals surface area contributed by atoms with Crippen LogP contribution in [0, 0.1) is 5.41 Å². The molecule has 0 aromatic heterocycles. The Bertz CT molecular complexity index is 334. The first-order chi connectivity index (χ1) is 7.24. The van der Waals surface area contributed by atoms with Crippen molar-refractivity contribution < 1.29 is 9.84 Å². The number of aliphatic hydroxyl groups is 1. The highest BCUT2D eigenvalue weighted by Gasteiger charge is 2.37. The number of halogens is 1. The van der Waals surface area contributed by atoms with Gasteiger partial charge in [-0.25, -0.2) is 0 Å². The summed E-state index contributed by atoms with van der Waals surface area (Å²) in [6.07, 6.45) is 0. The molecule has 0 unspecified atom stereocenters. The lowest BCUT2D eigenvalue weighted by molar-refractivity contribution is -0.121. The van der Waals surface area contributed by atoms with Crippen molar-refractivity contribution in [2.45, 2.75) is 4.90 Å². The Labute approximate surface area is 102 Å². The van der Waals surface area contributed by atoms with E-state index in [1.54, 1.807) is 11.8 Å². The predicted molar refractivity (Wildman–Crippen MR) is 65.2 cm³/mol. The molecule has 82 valence electrons. The van der Waals surface area contributed by atoms with Gasteiger partial charge in [-0.1, -0.05) is 22.0 Å². The van der Waals surface area contributed by atoms with Gasteiger partial charge in [0.25, 0.3) is 0 Å². The van der Waals surface area contributed by atoms with Crippen LogP contribution >= 0.6 is 27.7 Å². The molecule has 0 radical (unpaired) electrons. The third-order valence-electron chi connectivity index (χ3n) is 2.49. The van der Waals surface area contributed by atoms with Crippen molar-refractivity contribution in [3.05, 3.63) is 28.7 Å². The molecule has 1 saturated heterocycles. The summed E-state index contributed by atoms with van der Waals surface area (Å²) in [5.74, 6) is 0.917. The molecule has 0 saturated carbocycles. The van der Waals surface area contributed by atoms with Gasteiger partial charge in [-0.05, 0) is 18.2 Å². The summed E-state index contributed by atoms with van der Waals surface area (Å²) >= 11 is 5.22. The van der Waals surface area contributed by atoms with Crippen molar-refractivity contribution in [3.8, 4) is 0 Å². The molecule has 0 atom stereocenters. The smallest absolute Gasteiger partial charge is 0.0575 e. The van der Waals surface area contributed by atoms with Gasteiger partial charge >= 0.3 is 0 Å². The van der Waals surface area contributed by atoms with Crippen LogP contribution in [-0.2, 0) is 4.74 Å². The average Bonchev–Trinajstić information content (AvgIpc) is 2.17. The zero-order valence-corrected chi connectivity index (χ0v) is 10.7. The van der Waals surface area contributed by atoms with E-state index < -0.39 is 0 Å². The summed E-state index contributed by atoms with van der Waals surface area (Å²) in [6, 6.07) is 8.21. The molecule has 0 spiro atoms. The van der Waals surface area contributed by atoms with Crippen LogP contribution in [0.15, 0.2) is 33.6 Å². The Morgan fingerprint density at radius 1 is 1.47 bits per heavy atom. The summed E-state index contributed by atoms with van der Waals surface area (Å²) in [5.41, 5.74) is -0.00696. The van der Waals surface area contributed by atoms with E-state index in [1.807, 2.05) is 12.1 Å². The molecule has 4 heteroatoms. The Morgan fingerprint density at radius 2 is 2.27 bits per heavy atom. The quantitative estimate of drug-likeness (QED) is 0.864. The number of hydrogen-bond acceptors (Lipinski definition) is 3. The zero-order chi connectivity index (χ0) is 10.7. The van der Waals surface area contributed by atoms with E-state index in [2.05, 4.69) is 28.1 Å². The Balaban J connectivity index is 1.92. The zero-order valence-electron chi connectivity index (χ0n) is 8.28. The molecule has 0 amide bonds. The summed E-state index contributed by atoms with van der Waals surface area (Å²) in [7, 11) is 0. The Morgan fingerprint density at radius 3 is 2.80 bits per heavy atom. The van der Waals surface area contributed by atoms with Gasteiger partial charge in [-0.3, -0.25) is 0 Å². The molecular formula is C11H13BrO2S. The topological polar surface area (TPSA) is 29.5 Å². The van der Waals surface area contributed by atoms with Crippen molar-refractivity contribution in [2.75, 3.05) is 25.6 Å². The molecule has 1 heterocycles. The van der Waals surface area contributed by atoms with E-state index in [-0.39, 0.29) is 12.0 Å². The maximum absolute atomic E-state index is 9.27. The van der Waals surface area contributed by atoms with Crippen LogP contribution in [0.1, 0.15) is 0 Å². The lowest BCUT2D eigenvalue weighted by Crippen LogP contribution is -2.47. The van der Waals surface area contributed by atoms with Crippen LogP contribution in [-0.4, -0.2) is 30.7 Å². The third-order valence-corrected chi connectivity index (χ3v) is 4.33. The molecule has 1 aliphatic rings. The molecule has 15 heavy (non-hydrogen) atoms. The fraction of sp³-hybridized carbons (Fsp3) is 0.455. The van der Waals surface area contributed by atoms with E-state index >= 15 is 0 Å². The molecule has 1 aliphatic heterocycles. The van der Waals surface area contributed by atoms with Gasteiger partial charge in [0, 0.05) is 20.5 Å². The van der Waals surface area contributed by atoms with Crippen molar-refractivity contribution in [3.63, 3.8) is 0 Å². The highest BCUT2D eigenvalue weighted by molar-refractivity contribution is 9.10. The minimum Gasteiger partial charge on any atom is -0.396 e. The highest BCUT2D eigenvalue weighted by atomic mass is 79.9. The van der Waals surface area contributed by atoms with Crippen molar-refractivity contribution in [1.82, 2.24) is 0 Å². The SMILES string of the molecule is OCC1(CSc2cccc(Br)c2)COC1. The highest BCUT2D eigenvalue weighted by Crippen LogP contribution is 2.34. The summed E-state index contributed by atoms with van der Waals surface area (Å²) < 4.78 is 6.25. The summed E-state index contributed by atoms with van der Waals surface area (Å²) in [6.45, 7) is 1.59. The number of hydrogen-bond donors (Lipinski definition) is 1. The van der Waals surface area contributed by atoms with Gasteiger partial charge in [-0.2, -0.15) is 0 Å². The molecule has 0 aliphatic carbocycles. The molecule has 0 bridgehead atoms. The van der Waals surface area contributed by atoms with Gasteiger partial charge in [0.05, 0.1) is 19.8 Å². The Kier molecular flexibility index (Phi) is 3.72. The molecule has 1 aromatic rings. The maximum atomic E-state index is 9.27. The molecule has 1 aromatic carbocycles. The van der Waals surface area contributed by atoms with Crippen molar-refractivity contribution in [1.29, 1.82) is 0 Å². The van der Waals surface area contributed by atoms with Crippen LogP contribution in [0.25, 0.3) is 0 Å². The van der Waals surface area contributed by atoms with Crippen LogP contribution in [0.3, 0.4) is 0 Å². The first kappa shape index (κ1) is 11.5. The normalized spacial score (nSPS) is 18.5. The number of ether oxygens (including phenoxy) is 1. The van der Waals surface area contributed by atoms with Crippen molar-refractivity contribution >= 4 is 27.7 Å². The number of thioether (sulfide) groups is 1. The van der Waals surface area contributed by atoms with Crippen LogP contribution in [0.5, 0.6) is 0 Å². The third kappa shape index (κ3) is 2.75. The molecular weight excluding hydrogens is 276 g/mol. The predicted octanol–water partition coefficient (Wildman–Crippen LogP) is 2.55. The summed E-state index contributed by atoms with van der Waals surface area (Å²) in [4.78, 5) is 1.23. The minimum atomic E-state index is -0.00696. The standard InChI is InChI=1S/C11H13BrO2S/c12-9-2-1-3-10(4-9)15-8-11(5-13)6-14-7-11/h1-4,13H,5-8H2. The Hall–Kier alpha value is -0.0300. The van der Waals surface area contributed by atoms with Crippen molar-refractivity contribution in [2.24, 2.45) is 5.41 Å². The number of aliphatic hydroxyl groups excluding tert-OH is 1. The van der Waals surface area contributed by atoms with Crippen LogP contribution in [0.4, 0.5) is 0 Å². The van der Waals surface area contributed by atoms with E-state index in [9.17, 15) is 5.11 Å². The minimum absolute atomic E-state index is 0.00696. The van der Waals surface area contributed by atoms with Gasteiger partial charge in [0.15, 0.2) is 0 Å². The molecule has 2 rings (SSSR count). The second kappa shape index (κ2) is 4.87. The molecule has 1 fully saturated rings. The average molecular weight is 289 g/mol. The maximum Gasteiger partial charge on any atom is 0.0575 e. The second-order valence-electron chi connectivity index (χ2n) is 3.90. The lowest BCUT2D eigenvalue weighted by Gasteiger charge is -2.39. The fourth-order valence-electron chi connectivity index (χ4n) is 1.40. The monoisotopic (exact) mass is 288 g/mol. The van der Waals surface area contributed by atoms with Gasteiger partial charge < -0.3 is 9.84 Å². The van der Waals surface area contributed by atoms with Crippen LogP contribution < -0.4 is 0 Å². The van der Waals surface area contributed by atoms with Gasteiger partial charge in [0.1, 0.15) is 0 Å². The number of rotatable bonds is 4. The first-order valence-electron chi connectivity index (χ1n) is 4.81. The first-order valence-corrected chi connectivity index (χ1v) is 6.59. The second-order valence-corrected chi connectivity index (χ2v) is 5.86. The lowest BCUT2D eigenvalue weighted by atomic mass is 9.90. The summed E-state index contributed by atoms with van der Waals surface area (Å²) in [5, 5.41) is 9.27. The van der Waals surface area contributed by atoms with E-state index in [0.717, 1.165) is 10.2 Å². The molecule has 2 nitrogen and oxygen atoms in total. The largest absolute Gasteiger partial charge is 0.396 e. The van der Waals surface area contributed by atoms with Gasteiger partial charge in [0.2, 0.25) is 0 Å². The van der Waals surface area contributed by atoms with Crippen LogP contribution in [0.2, 0.25) is 0 Å². The molecule has 1 N–H and O–H groups in total. The van der Waals surface area contributed by atoms with Gasteiger partial charge in [-0.15, -0.1) is 11.8 Å². The van der Waals surface area contributed by atoms with E-state index in [1.165, 1.54) is 4.90 Å². The fourth-order valence-corrected chi connectivity index (χ4v) is 3.07.